The highest BCUT2D eigenvalue weighted by Gasteiger charge is 2.20. The molecule has 0 aliphatic carbocycles. The zero-order valence-corrected chi connectivity index (χ0v) is 8.68. The van der Waals surface area contributed by atoms with E-state index in [1.807, 2.05) is 0 Å². The first-order valence-electron chi connectivity index (χ1n) is 3.98. The second-order valence-electron chi connectivity index (χ2n) is 2.77. The number of rotatable bonds is 1. The van der Waals surface area contributed by atoms with Crippen molar-refractivity contribution in [2.45, 2.75) is 4.90 Å². The molecule has 0 bridgehead atoms. The molecule has 0 spiro atoms. The van der Waals surface area contributed by atoms with E-state index >= 15 is 0 Å². The fraction of sp³-hybridized carbons (Fsp3) is 0.111. The monoisotopic (exact) mass is 247 g/mol. The van der Waals surface area contributed by atoms with Crippen molar-refractivity contribution in [1.29, 1.82) is 0 Å². The molecule has 0 saturated heterocycles. The van der Waals surface area contributed by atoms with Crippen LogP contribution in [-0.4, -0.2) is 20.1 Å². The minimum atomic E-state index is -4.34. The summed E-state index contributed by atoms with van der Waals surface area (Å²) in [6.45, 7) is -0.567. The van der Waals surface area contributed by atoms with Gasteiger partial charge in [-0.3, -0.25) is 0 Å². The maximum Gasteiger partial charge on any atom is 0.242 e. The van der Waals surface area contributed by atoms with Gasteiger partial charge in [0, 0.05) is 6.07 Å². The molecule has 7 heteroatoms. The topological polar surface area (TPSA) is 80.4 Å². The number of benzene rings is 1. The SMILES string of the molecule is NS(=O)(=O)c1c(F)cc(F)cc1C#CCO. The van der Waals surface area contributed by atoms with Crippen molar-refractivity contribution >= 4 is 10.0 Å². The highest BCUT2D eigenvalue weighted by molar-refractivity contribution is 7.89. The Morgan fingerprint density at radius 3 is 2.50 bits per heavy atom. The molecule has 0 aliphatic heterocycles. The van der Waals surface area contributed by atoms with E-state index < -0.39 is 38.7 Å². The van der Waals surface area contributed by atoms with Crippen LogP contribution in [0.2, 0.25) is 0 Å². The van der Waals surface area contributed by atoms with Crippen molar-refractivity contribution in [3.63, 3.8) is 0 Å². The summed E-state index contributed by atoms with van der Waals surface area (Å²) >= 11 is 0. The zero-order chi connectivity index (χ0) is 12.3. The third-order valence-electron chi connectivity index (χ3n) is 1.60. The van der Waals surface area contributed by atoms with Gasteiger partial charge in [-0.05, 0) is 6.07 Å². The summed E-state index contributed by atoms with van der Waals surface area (Å²) in [6, 6.07) is 1.12. The van der Waals surface area contributed by atoms with Crippen LogP contribution in [0.15, 0.2) is 17.0 Å². The highest BCUT2D eigenvalue weighted by atomic mass is 32.2. The predicted molar refractivity (Wildman–Crippen MR) is 51.7 cm³/mol. The van der Waals surface area contributed by atoms with E-state index in [1.54, 1.807) is 0 Å². The van der Waals surface area contributed by atoms with Gasteiger partial charge in [0.1, 0.15) is 23.1 Å². The lowest BCUT2D eigenvalue weighted by Gasteiger charge is -2.03. The molecule has 3 N–H and O–H groups in total. The molecule has 0 atom stereocenters. The number of primary sulfonamides is 1. The molecule has 0 aliphatic rings. The second-order valence-corrected chi connectivity index (χ2v) is 4.27. The lowest BCUT2D eigenvalue weighted by atomic mass is 10.2. The molecule has 16 heavy (non-hydrogen) atoms. The molecule has 4 nitrogen and oxygen atoms in total. The molecule has 0 amide bonds. The maximum atomic E-state index is 13.2. The van der Waals surface area contributed by atoms with Gasteiger partial charge in [0.25, 0.3) is 0 Å². The number of aliphatic hydroxyl groups excluding tert-OH is 1. The summed E-state index contributed by atoms with van der Waals surface area (Å²) in [5, 5.41) is 13.2. The van der Waals surface area contributed by atoms with Crippen molar-refractivity contribution in [3.8, 4) is 11.8 Å². The fourth-order valence-corrected chi connectivity index (χ4v) is 1.82. The number of sulfonamides is 1. The second kappa shape index (κ2) is 4.57. The molecule has 0 fully saturated rings. The summed E-state index contributed by atoms with van der Waals surface area (Å²) in [4.78, 5) is -0.880. The van der Waals surface area contributed by atoms with Crippen molar-refractivity contribution in [1.82, 2.24) is 0 Å². The molecular formula is C9H7F2NO3S. The quantitative estimate of drug-likeness (QED) is 0.683. The van der Waals surface area contributed by atoms with Crippen molar-refractivity contribution < 1.29 is 22.3 Å². The van der Waals surface area contributed by atoms with Gasteiger partial charge in [-0.15, -0.1) is 0 Å². The van der Waals surface area contributed by atoms with Crippen LogP contribution in [0, 0.1) is 23.5 Å². The summed E-state index contributed by atoms with van der Waals surface area (Å²) < 4.78 is 48.1. The van der Waals surface area contributed by atoms with E-state index in [4.69, 9.17) is 10.2 Å². The molecule has 0 unspecified atom stereocenters. The third-order valence-corrected chi connectivity index (χ3v) is 2.58. The third kappa shape index (κ3) is 2.76. The summed E-state index contributed by atoms with van der Waals surface area (Å²) in [5.74, 6) is 1.90. The molecule has 1 aromatic rings. The average Bonchev–Trinajstić information content (AvgIpc) is 2.10. The van der Waals surface area contributed by atoms with Gasteiger partial charge in [-0.2, -0.15) is 0 Å². The van der Waals surface area contributed by atoms with Crippen LogP contribution in [0.1, 0.15) is 5.56 Å². The Balaban J connectivity index is 3.57. The smallest absolute Gasteiger partial charge is 0.242 e. The first-order valence-corrected chi connectivity index (χ1v) is 5.52. The largest absolute Gasteiger partial charge is 0.384 e. The van der Waals surface area contributed by atoms with Crippen LogP contribution in [0.3, 0.4) is 0 Å². The van der Waals surface area contributed by atoms with Gasteiger partial charge in [-0.1, -0.05) is 11.8 Å². The number of halogens is 2. The Hall–Kier alpha value is -1.49. The molecule has 0 aromatic heterocycles. The summed E-state index contributed by atoms with van der Waals surface area (Å²) in [5.41, 5.74) is -0.422. The lowest BCUT2D eigenvalue weighted by Crippen LogP contribution is -2.16. The average molecular weight is 247 g/mol. The molecule has 0 radical (unpaired) electrons. The van der Waals surface area contributed by atoms with Crippen molar-refractivity contribution in [2.24, 2.45) is 5.14 Å². The highest BCUT2D eigenvalue weighted by Crippen LogP contribution is 2.19. The molecular weight excluding hydrogens is 240 g/mol. The van der Waals surface area contributed by atoms with E-state index in [-0.39, 0.29) is 0 Å². The first-order chi connectivity index (χ1) is 7.36. The molecule has 0 saturated carbocycles. The Morgan fingerprint density at radius 1 is 1.38 bits per heavy atom. The lowest BCUT2D eigenvalue weighted by molar-refractivity contribution is 0.350. The Bertz CT molecular complexity index is 572. The minimum Gasteiger partial charge on any atom is -0.384 e. The van der Waals surface area contributed by atoms with Crippen LogP contribution < -0.4 is 5.14 Å². The van der Waals surface area contributed by atoms with E-state index in [1.165, 1.54) is 0 Å². The molecule has 0 heterocycles. The Labute approximate surface area is 90.8 Å². The number of nitrogens with two attached hydrogens (primary N) is 1. The van der Waals surface area contributed by atoms with Gasteiger partial charge in [0.2, 0.25) is 10.0 Å². The maximum absolute atomic E-state index is 13.2. The van der Waals surface area contributed by atoms with E-state index in [9.17, 15) is 17.2 Å². The van der Waals surface area contributed by atoms with Crippen LogP contribution >= 0.6 is 0 Å². The van der Waals surface area contributed by atoms with Crippen LogP contribution in [0.4, 0.5) is 8.78 Å². The van der Waals surface area contributed by atoms with Crippen LogP contribution in [0.5, 0.6) is 0 Å². The fourth-order valence-electron chi connectivity index (χ4n) is 1.08. The zero-order valence-electron chi connectivity index (χ0n) is 7.87. The van der Waals surface area contributed by atoms with Crippen molar-refractivity contribution in [3.05, 3.63) is 29.3 Å². The van der Waals surface area contributed by atoms with Gasteiger partial charge in [-0.25, -0.2) is 22.3 Å². The molecule has 86 valence electrons. The normalized spacial score (nSPS) is 10.8. The van der Waals surface area contributed by atoms with Crippen LogP contribution in [-0.2, 0) is 10.0 Å². The number of aliphatic hydroxyl groups is 1. The van der Waals surface area contributed by atoms with Crippen LogP contribution in [0.25, 0.3) is 0 Å². The summed E-state index contributed by atoms with van der Waals surface area (Å²) in [6.07, 6.45) is 0. The van der Waals surface area contributed by atoms with Gasteiger partial charge >= 0.3 is 0 Å². The standard InChI is InChI=1S/C9H7F2NO3S/c10-7-4-6(2-1-3-13)9(8(11)5-7)16(12,14)15/h4-5,13H,3H2,(H2,12,14,15). The molecule has 1 aromatic carbocycles. The van der Waals surface area contributed by atoms with Gasteiger partial charge < -0.3 is 5.11 Å². The minimum absolute atomic E-state index is 0.393. The van der Waals surface area contributed by atoms with Gasteiger partial charge in [0.15, 0.2) is 0 Å². The van der Waals surface area contributed by atoms with E-state index in [0.717, 1.165) is 6.07 Å². The van der Waals surface area contributed by atoms with Gasteiger partial charge in [0.05, 0.1) is 5.56 Å². The Morgan fingerprint density at radius 2 is 2.00 bits per heavy atom. The van der Waals surface area contributed by atoms with Crippen molar-refractivity contribution in [2.75, 3.05) is 6.61 Å². The predicted octanol–water partition coefficient (Wildman–Crippen LogP) is -0.0440. The Kier molecular flexibility index (Phi) is 3.59. The van der Waals surface area contributed by atoms with E-state index in [2.05, 4.69) is 11.8 Å². The first kappa shape index (κ1) is 12.6. The molecule has 1 rings (SSSR count). The number of hydrogen-bond acceptors (Lipinski definition) is 3. The summed E-state index contributed by atoms with van der Waals surface area (Å²) in [7, 11) is -4.34. The number of hydrogen-bond donors (Lipinski definition) is 2. The van der Waals surface area contributed by atoms with E-state index in [0.29, 0.717) is 6.07 Å².